The van der Waals surface area contributed by atoms with Crippen molar-refractivity contribution in [2.75, 3.05) is 0 Å². The molecule has 2 heterocycles. The Balaban J connectivity index is 2.14. The molecule has 0 amide bonds. The molecule has 0 atom stereocenters. The number of imidazole rings is 1. The van der Waals surface area contributed by atoms with Gasteiger partial charge in [-0.25, -0.2) is 4.98 Å². The minimum absolute atomic E-state index is 0.825. The summed E-state index contributed by atoms with van der Waals surface area (Å²) in [5.41, 5.74) is 0. The van der Waals surface area contributed by atoms with Gasteiger partial charge in [0.1, 0.15) is 11.6 Å². The summed E-state index contributed by atoms with van der Waals surface area (Å²) in [7, 11) is 0. The Labute approximate surface area is 69.8 Å². The monoisotopic (exact) mass is 160 g/mol. The van der Waals surface area contributed by atoms with E-state index in [1.807, 2.05) is 24.3 Å². The lowest BCUT2D eigenvalue weighted by Crippen LogP contribution is -1.71. The fourth-order valence-electron chi connectivity index (χ4n) is 0.916. The first kappa shape index (κ1) is 6.91. The quantitative estimate of drug-likeness (QED) is 0.731. The summed E-state index contributed by atoms with van der Waals surface area (Å²) in [5.74, 6) is 1.65. The molecule has 1 N–H and O–H groups in total. The maximum absolute atomic E-state index is 5.10. The van der Waals surface area contributed by atoms with E-state index in [-0.39, 0.29) is 0 Å². The van der Waals surface area contributed by atoms with Crippen molar-refractivity contribution in [3.8, 4) is 0 Å². The first-order chi connectivity index (χ1) is 5.95. The van der Waals surface area contributed by atoms with Crippen LogP contribution < -0.4 is 0 Å². The van der Waals surface area contributed by atoms with E-state index in [2.05, 4.69) is 9.97 Å². The minimum atomic E-state index is 0.825. The largest absolute Gasteiger partial charge is 0.465 e. The Morgan fingerprint density at radius 3 is 3.08 bits per heavy atom. The van der Waals surface area contributed by atoms with Crippen molar-refractivity contribution in [2.24, 2.45) is 0 Å². The van der Waals surface area contributed by atoms with Crippen LogP contribution in [0.2, 0.25) is 0 Å². The van der Waals surface area contributed by atoms with Gasteiger partial charge in [0.25, 0.3) is 0 Å². The van der Waals surface area contributed by atoms with Gasteiger partial charge in [-0.1, -0.05) is 0 Å². The molecule has 2 rings (SSSR count). The van der Waals surface area contributed by atoms with Gasteiger partial charge in [-0.2, -0.15) is 0 Å². The van der Waals surface area contributed by atoms with Gasteiger partial charge in [0, 0.05) is 12.4 Å². The molecule has 0 aliphatic heterocycles. The fraction of sp³-hybridized carbons (Fsp3) is 0. The van der Waals surface area contributed by atoms with Gasteiger partial charge in [0.2, 0.25) is 0 Å². The van der Waals surface area contributed by atoms with Crippen LogP contribution in [0.5, 0.6) is 0 Å². The molecule has 3 nitrogen and oxygen atoms in total. The molecule has 0 bridgehead atoms. The Kier molecular flexibility index (Phi) is 1.78. The Hall–Kier alpha value is -1.77. The highest BCUT2D eigenvalue weighted by Gasteiger charge is 1.88. The van der Waals surface area contributed by atoms with E-state index in [9.17, 15) is 0 Å². The van der Waals surface area contributed by atoms with E-state index in [1.54, 1.807) is 18.7 Å². The fourth-order valence-corrected chi connectivity index (χ4v) is 0.916. The molecule has 2 aromatic heterocycles. The van der Waals surface area contributed by atoms with Gasteiger partial charge in [0.15, 0.2) is 0 Å². The van der Waals surface area contributed by atoms with Gasteiger partial charge in [-0.15, -0.1) is 0 Å². The number of hydrogen-bond acceptors (Lipinski definition) is 2. The van der Waals surface area contributed by atoms with Gasteiger partial charge >= 0.3 is 0 Å². The van der Waals surface area contributed by atoms with E-state index < -0.39 is 0 Å². The van der Waals surface area contributed by atoms with Crippen LogP contribution in [0.4, 0.5) is 0 Å². The molecule has 0 aromatic carbocycles. The predicted molar refractivity (Wildman–Crippen MR) is 46.2 cm³/mol. The summed E-state index contributed by atoms with van der Waals surface area (Å²) in [5, 5.41) is 0. The Bertz CT molecular complexity index is 310. The zero-order valence-electron chi connectivity index (χ0n) is 6.40. The summed E-state index contributed by atoms with van der Waals surface area (Å²) in [6.07, 6.45) is 8.85. The second kappa shape index (κ2) is 3.09. The van der Waals surface area contributed by atoms with Crippen LogP contribution in [-0.2, 0) is 0 Å². The summed E-state index contributed by atoms with van der Waals surface area (Å²) in [6, 6.07) is 3.74. The standard InChI is InChI=1S/C9H8N2O/c1-2-8(12-7-1)3-4-9-10-5-6-11-9/h1-7H,(H,10,11). The molecule has 12 heavy (non-hydrogen) atoms. The van der Waals surface area contributed by atoms with Crippen LogP contribution in [0.1, 0.15) is 11.6 Å². The smallest absolute Gasteiger partial charge is 0.130 e. The van der Waals surface area contributed by atoms with Crippen molar-refractivity contribution in [2.45, 2.75) is 0 Å². The third kappa shape index (κ3) is 1.45. The number of nitrogens with one attached hydrogen (secondary N) is 1. The molecule has 2 aromatic rings. The summed E-state index contributed by atoms with van der Waals surface area (Å²) in [6.45, 7) is 0. The predicted octanol–water partition coefficient (Wildman–Crippen LogP) is 2.17. The minimum Gasteiger partial charge on any atom is -0.465 e. The second-order valence-electron chi connectivity index (χ2n) is 2.32. The number of rotatable bonds is 2. The summed E-state index contributed by atoms with van der Waals surface area (Å²) in [4.78, 5) is 6.99. The SMILES string of the molecule is C(=Cc1ccco1)c1ncc[nH]1. The highest BCUT2D eigenvalue weighted by Crippen LogP contribution is 2.04. The van der Waals surface area contributed by atoms with E-state index in [4.69, 9.17) is 4.42 Å². The molecular weight excluding hydrogens is 152 g/mol. The molecule has 0 aliphatic rings. The Morgan fingerprint density at radius 2 is 2.42 bits per heavy atom. The number of hydrogen-bond donors (Lipinski definition) is 1. The van der Waals surface area contributed by atoms with Crippen LogP contribution >= 0.6 is 0 Å². The van der Waals surface area contributed by atoms with Crippen molar-refractivity contribution in [3.63, 3.8) is 0 Å². The van der Waals surface area contributed by atoms with Crippen LogP contribution in [-0.4, -0.2) is 9.97 Å². The van der Waals surface area contributed by atoms with Crippen LogP contribution in [0, 0.1) is 0 Å². The number of aromatic amines is 1. The molecule has 0 saturated carbocycles. The van der Waals surface area contributed by atoms with Gasteiger partial charge in [-0.05, 0) is 24.3 Å². The van der Waals surface area contributed by atoms with E-state index in [0.717, 1.165) is 11.6 Å². The number of furan rings is 1. The highest BCUT2D eigenvalue weighted by molar-refractivity contribution is 5.63. The molecular formula is C9H8N2O. The lowest BCUT2D eigenvalue weighted by atomic mass is 10.4. The van der Waals surface area contributed by atoms with Crippen molar-refractivity contribution >= 4 is 12.2 Å². The zero-order chi connectivity index (χ0) is 8.23. The van der Waals surface area contributed by atoms with E-state index in [1.165, 1.54) is 0 Å². The Morgan fingerprint density at radius 1 is 1.42 bits per heavy atom. The highest BCUT2D eigenvalue weighted by atomic mass is 16.3. The van der Waals surface area contributed by atoms with Crippen molar-refractivity contribution in [1.29, 1.82) is 0 Å². The molecule has 0 radical (unpaired) electrons. The third-order valence-corrected chi connectivity index (χ3v) is 1.47. The van der Waals surface area contributed by atoms with Gasteiger partial charge in [0.05, 0.1) is 6.26 Å². The first-order valence-electron chi connectivity index (χ1n) is 3.66. The van der Waals surface area contributed by atoms with Crippen molar-refractivity contribution in [1.82, 2.24) is 9.97 Å². The summed E-state index contributed by atoms with van der Waals surface area (Å²) >= 11 is 0. The second-order valence-corrected chi connectivity index (χ2v) is 2.32. The molecule has 0 unspecified atom stereocenters. The van der Waals surface area contributed by atoms with Crippen LogP contribution in [0.25, 0.3) is 12.2 Å². The number of H-pyrrole nitrogens is 1. The molecule has 0 saturated heterocycles. The zero-order valence-corrected chi connectivity index (χ0v) is 6.40. The molecule has 0 aliphatic carbocycles. The van der Waals surface area contributed by atoms with Crippen LogP contribution in [0.15, 0.2) is 35.2 Å². The topological polar surface area (TPSA) is 41.8 Å². The average molecular weight is 160 g/mol. The first-order valence-corrected chi connectivity index (χ1v) is 3.66. The lowest BCUT2D eigenvalue weighted by Gasteiger charge is -1.82. The molecule has 3 heteroatoms. The average Bonchev–Trinajstić information content (AvgIpc) is 2.74. The lowest BCUT2D eigenvalue weighted by molar-refractivity contribution is 0.557. The van der Waals surface area contributed by atoms with Crippen molar-refractivity contribution < 1.29 is 4.42 Å². The van der Waals surface area contributed by atoms with Gasteiger partial charge < -0.3 is 9.40 Å². The van der Waals surface area contributed by atoms with E-state index >= 15 is 0 Å². The van der Waals surface area contributed by atoms with Crippen LogP contribution in [0.3, 0.4) is 0 Å². The molecule has 60 valence electrons. The normalized spacial score (nSPS) is 11.0. The maximum Gasteiger partial charge on any atom is 0.130 e. The molecule has 0 spiro atoms. The van der Waals surface area contributed by atoms with Crippen molar-refractivity contribution in [3.05, 3.63) is 42.4 Å². The van der Waals surface area contributed by atoms with Gasteiger partial charge in [-0.3, -0.25) is 0 Å². The third-order valence-electron chi connectivity index (χ3n) is 1.47. The molecule has 0 fully saturated rings. The summed E-state index contributed by atoms with van der Waals surface area (Å²) < 4.78 is 5.10. The maximum atomic E-state index is 5.10. The number of aromatic nitrogens is 2. The number of nitrogens with zero attached hydrogens (tertiary/aromatic N) is 1. The van der Waals surface area contributed by atoms with E-state index in [0.29, 0.717) is 0 Å².